The van der Waals surface area contributed by atoms with Crippen LogP contribution in [0.25, 0.3) is 0 Å². The summed E-state index contributed by atoms with van der Waals surface area (Å²) in [5, 5.41) is 0. The molecule has 3 heteroatoms. The number of hydrogen-bond donors (Lipinski definition) is 0. The van der Waals surface area contributed by atoms with E-state index in [-0.39, 0.29) is 17.7 Å². The third kappa shape index (κ3) is 2.47. The average Bonchev–Trinajstić information content (AvgIpc) is 2.85. The van der Waals surface area contributed by atoms with Gasteiger partial charge in [-0.15, -0.1) is 0 Å². The smallest absolute Gasteiger partial charge is 0.231 e. The van der Waals surface area contributed by atoms with Crippen LogP contribution in [0.5, 0.6) is 0 Å². The summed E-state index contributed by atoms with van der Waals surface area (Å²) in [5.41, 5.74) is 3.06. The van der Waals surface area contributed by atoms with Crippen LogP contribution in [0, 0.1) is 5.41 Å². The molecule has 2 aliphatic rings. The minimum Gasteiger partial charge on any atom is -0.454 e. The highest BCUT2D eigenvalue weighted by Gasteiger charge is 2.71. The molecule has 1 aliphatic carbocycles. The van der Waals surface area contributed by atoms with E-state index in [1.807, 2.05) is 32.2 Å². The van der Waals surface area contributed by atoms with E-state index in [0.29, 0.717) is 0 Å². The van der Waals surface area contributed by atoms with Gasteiger partial charge in [-0.2, -0.15) is 0 Å². The molecule has 2 unspecified atom stereocenters. The van der Waals surface area contributed by atoms with Crippen LogP contribution in [0.1, 0.15) is 47.5 Å². The molecule has 1 heterocycles. The van der Waals surface area contributed by atoms with Gasteiger partial charge in [0.1, 0.15) is 0 Å². The molecule has 2 rings (SSSR count). The molecule has 0 aromatic heterocycles. The number of aliphatic imine (C=N–C) groups is 1. The van der Waals surface area contributed by atoms with Crippen molar-refractivity contribution in [2.24, 2.45) is 10.4 Å². The van der Waals surface area contributed by atoms with Crippen LogP contribution < -0.4 is 0 Å². The maximum Gasteiger partial charge on any atom is 0.231 e. The van der Waals surface area contributed by atoms with Gasteiger partial charge in [0.15, 0.2) is 11.5 Å². The van der Waals surface area contributed by atoms with Gasteiger partial charge in [-0.05, 0) is 62.6 Å². The van der Waals surface area contributed by atoms with Gasteiger partial charge in [0.2, 0.25) is 6.79 Å². The maximum atomic E-state index is 5.84. The topological polar surface area (TPSA) is 30.8 Å². The van der Waals surface area contributed by atoms with Gasteiger partial charge in [0.25, 0.3) is 0 Å². The van der Waals surface area contributed by atoms with E-state index in [4.69, 9.17) is 14.5 Å². The fourth-order valence-corrected chi connectivity index (χ4v) is 4.22. The molecule has 2 fully saturated rings. The van der Waals surface area contributed by atoms with Crippen molar-refractivity contribution in [3.8, 4) is 0 Å². The molecule has 0 N–H and O–H groups in total. The van der Waals surface area contributed by atoms with Crippen LogP contribution in [-0.2, 0) is 9.47 Å². The van der Waals surface area contributed by atoms with Gasteiger partial charge < -0.3 is 9.47 Å². The molecular formula is C21H29NO2. The van der Waals surface area contributed by atoms with Crippen molar-refractivity contribution in [3.63, 3.8) is 0 Å². The summed E-state index contributed by atoms with van der Waals surface area (Å²) in [4.78, 5) is 4.80. The number of ether oxygens (including phenoxy) is 2. The van der Waals surface area contributed by atoms with Crippen LogP contribution in [0.15, 0.2) is 64.6 Å². The molecule has 1 saturated carbocycles. The maximum absolute atomic E-state index is 5.84. The second-order valence-corrected chi connectivity index (χ2v) is 6.35. The van der Waals surface area contributed by atoms with Crippen LogP contribution in [-0.4, -0.2) is 18.5 Å². The van der Waals surface area contributed by atoms with Crippen LogP contribution in [0.4, 0.5) is 0 Å². The zero-order chi connectivity index (χ0) is 18.0. The quantitative estimate of drug-likeness (QED) is 0.367. The molecule has 0 amide bonds. The largest absolute Gasteiger partial charge is 0.454 e. The highest BCUT2D eigenvalue weighted by Crippen LogP contribution is 2.71. The normalized spacial score (nSPS) is 33.6. The molecule has 24 heavy (non-hydrogen) atoms. The number of nitrogens with zero attached hydrogens (tertiary/aromatic N) is 1. The standard InChI is InChI=1S/C21H29NO2/c1-8-12-15(5)13-18-19(24-14-23-18)16(6)20(9-2)17(7)21(20,10-3)22-11-4/h8,11-13H,1,7,9-10,14H2,2-6H3/b15-12+,18-13+,19-16-,22-11?. The first-order valence-corrected chi connectivity index (χ1v) is 8.63. The van der Waals surface area contributed by atoms with Crippen molar-refractivity contribution < 1.29 is 9.47 Å². The molecule has 0 aromatic rings. The van der Waals surface area contributed by atoms with Gasteiger partial charge in [0, 0.05) is 5.41 Å². The zero-order valence-corrected chi connectivity index (χ0v) is 15.6. The summed E-state index contributed by atoms with van der Waals surface area (Å²) < 4.78 is 11.5. The molecule has 3 nitrogen and oxygen atoms in total. The Morgan fingerprint density at radius 1 is 1.25 bits per heavy atom. The van der Waals surface area contributed by atoms with E-state index < -0.39 is 0 Å². The number of allylic oxidation sites excluding steroid dienone is 4. The second-order valence-electron chi connectivity index (χ2n) is 6.35. The van der Waals surface area contributed by atoms with Crippen molar-refractivity contribution in [2.45, 2.75) is 53.0 Å². The van der Waals surface area contributed by atoms with Gasteiger partial charge >= 0.3 is 0 Å². The van der Waals surface area contributed by atoms with E-state index in [9.17, 15) is 0 Å². The Bertz CT molecular complexity index is 665. The highest BCUT2D eigenvalue weighted by molar-refractivity contribution is 5.66. The molecular weight excluding hydrogens is 298 g/mol. The lowest BCUT2D eigenvalue weighted by molar-refractivity contribution is 0.0961. The number of rotatable bonds is 6. The first-order chi connectivity index (χ1) is 11.4. The zero-order valence-electron chi connectivity index (χ0n) is 15.6. The summed E-state index contributed by atoms with van der Waals surface area (Å²) >= 11 is 0. The van der Waals surface area contributed by atoms with E-state index >= 15 is 0 Å². The Balaban J connectivity index is 2.53. The average molecular weight is 327 g/mol. The lowest BCUT2D eigenvalue weighted by Crippen LogP contribution is -2.20. The summed E-state index contributed by atoms with van der Waals surface area (Å²) in [5.74, 6) is 1.61. The summed E-state index contributed by atoms with van der Waals surface area (Å²) in [7, 11) is 0. The fourth-order valence-electron chi connectivity index (χ4n) is 4.22. The monoisotopic (exact) mass is 327 g/mol. The Morgan fingerprint density at radius 3 is 2.50 bits per heavy atom. The van der Waals surface area contributed by atoms with Crippen molar-refractivity contribution in [3.05, 3.63) is 59.6 Å². The third-order valence-corrected chi connectivity index (χ3v) is 5.41. The van der Waals surface area contributed by atoms with Crippen molar-refractivity contribution in [2.75, 3.05) is 6.79 Å². The SMILES string of the molecule is C=C/C=C(C)/C=C1/OCO/C1=C(/C)C1(CC)C(=C)C1(CC)N=CC. The van der Waals surface area contributed by atoms with Crippen molar-refractivity contribution in [1.29, 1.82) is 0 Å². The minimum atomic E-state index is -0.212. The molecule has 0 aromatic carbocycles. The molecule has 1 aliphatic heterocycles. The Kier molecular flexibility index (Phi) is 5.22. The molecule has 0 bridgehead atoms. The van der Waals surface area contributed by atoms with Crippen molar-refractivity contribution >= 4 is 6.21 Å². The Morgan fingerprint density at radius 2 is 1.96 bits per heavy atom. The summed E-state index contributed by atoms with van der Waals surface area (Å²) in [6.07, 6.45) is 9.49. The fraction of sp³-hybridized carbons (Fsp3) is 0.476. The first-order valence-electron chi connectivity index (χ1n) is 8.63. The van der Waals surface area contributed by atoms with Crippen LogP contribution in [0.2, 0.25) is 0 Å². The van der Waals surface area contributed by atoms with Gasteiger partial charge in [-0.3, -0.25) is 4.99 Å². The van der Waals surface area contributed by atoms with E-state index in [2.05, 4.69) is 33.9 Å². The number of hydrogen-bond acceptors (Lipinski definition) is 3. The Hall–Kier alpha value is -2.03. The van der Waals surface area contributed by atoms with Crippen LogP contribution in [0.3, 0.4) is 0 Å². The van der Waals surface area contributed by atoms with E-state index in [0.717, 1.165) is 35.5 Å². The predicted molar refractivity (Wildman–Crippen MR) is 101 cm³/mol. The molecule has 2 atom stereocenters. The minimum absolute atomic E-state index is 0.146. The second kappa shape index (κ2) is 6.84. The summed E-state index contributed by atoms with van der Waals surface area (Å²) in [6, 6.07) is 0. The van der Waals surface area contributed by atoms with Gasteiger partial charge in [0.05, 0.1) is 5.54 Å². The molecule has 0 radical (unpaired) electrons. The molecule has 130 valence electrons. The lowest BCUT2D eigenvalue weighted by atomic mass is 9.86. The van der Waals surface area contributed by atoms with E-state index in [1.54, 1.807) is 6.08 Å². The third-order valence-electron chi connectivity index (χ3n) is 5.41. The summed E-state index contributed by atoms with van der Waals surface area (Å²) in [6.45, 7) is 18.8. The van der Waals surface area contributed by atoms with Crippen molar-refractivity contribution in [1.82, 2.24) is 0 Å². The first kappa shape index (κ1) is 18.3. The van der Waals surface area contributed by atoms with Gasteiger partial charge in [-0.1, -0.05) is 39.2 Å². The van der Waals surface area contributed by atoms with E-state index in [1.165, 1.54) is 5.57 Å². The molecule has 0 spiro atoms. The predicted octanol–water partition coefficient (Wildman–Crippen LogP) is 5.49. The molecule has 1 saturated heterocycles. The van der Waals surface area contributed by atoms with Gasteiger partial charge in [-0.25, -0.2) is 0 Å². The van der Waals surface area contributed by atoms with Crippen LogP contribution >= 0.6 is 0 Å². The highest BCUT2D eigenvalue weighted by atomic mass is 16.7. The Labute approximate surface area is 146 Å². The lowest BCUT2D eigenvalue weighted by Gasteiger charge is -2.21.